The summed E-state index contributed by atoms with van der Waals surface area (Å²) in [6.45, 7) is 4.26. The van der Waals surface area contributed by atoms with Crippen molar-refractivity contribution in [2.24, 2.45) is 5.41 Å². The number of hydrogen-bond donors (Lipinski definition) is 1. The van der Waals surface area contributed by atoms with Crippen LogP contribution in [-0.2, 0) is 10.0 Å². The van der Waals surface area contributed by atoms with Crippen LogP contribution in [0.3, 0.4) is 0 Å². The summed E-state index contributed by atoms with van der Waals surface area (Å²) in [6, 6.07) is 8.76. The van der Waals surface area contributed by atoms with E-state index in [0.29, 0.717) is 18.0 Å². The van der Waals surface area contributed by atoms with Gasteiger partial charge < -0.3 is 10.0 Å². The van der Waals surface area contributed by atoms with Gasteiger partial charge in [0.15, 0.2) is 0 Å². The van der Waals surface area contributed by atoms with Crippen LogP contribution in [-0.4, -0.2) is 61.1 Å². The second-order valence-electron chi connectivity index (χ2n) is 8.92. The highest BCUT2D eigenvalue weighted by atomic mass is 32.2. The van der Waals surface area contributed by atoms with Gasteiger partial charge in [0.25, 0.3) is 0 Å². The molecule has 0 bridgehead atoms. The van der Waals surface area contributed by atoms with Crippen LogP contribution in [0.2, 0.25) is 0 Å². The van der Waals surface area contributed by atoms with Crippen molar-refractivity contribution < 1.29 is 13.5 Å². The first kappa shape index (κ1) is 19.4. The molecule has 5 nitrogen and oxygen atoms in total. The van der Waals surface area contributed by atoms with Crippen LogP contribution < -0.4 is 0 Å². The number of aliphatic hydroxyl groups is 1. The third-order valence-corrected chi connectivity index (χ3v) is 9.03. The molecular formula is C21H32N2O3S. The van der Waals surface area contributed by atoms with Crippen molar-refractivity contribution >= 4 is 10.0 Å². The van der Waals surface area contributed by atoms with Crippen molar-refractivity contribution in [3.05, 3.63) is 30.3 Å². The van der Waals surface area contributed by atoms with Crippen molar-refractivity contribution in [2.75, 3.05) is 32.7 Å². The lowest BCUT2D eigenvalue weighted by Gasteiger charge is -2.48. The summed E-state index contributed by atoms with van der Waals surface area (Å²) in [5, 5.41) is 11.0. The van der Waals surface area contributed by atoms with E-state index in [1.165, 1.54) is 12.8 Å². The van der Waals surface area contributed by atoms with Crippen molar-refractivity contribution in [1.82, 2.24) is 9.21 Å². The van der Waals surface area contributed by atoms with Crippen LogP contribution >= 0.6 is 0 Å². The molecule has 3 aliphatic rings. The van der Waals surface area contributed by atoms with Gasteiger partial charge in [-0.3, -0.25) is 0 Å². The molecule has 0 aromatic heterocycles. The van der Waals surface area contributed by atoms with Crippen LogP contribution in [0.15, 0.2) is 35.2 Å². The number of benzene rings is 1. The molecule has 3 fully saturated rings. The first-order chi connectivity index (χ1) is 12.9. The number of nitrogens with zero attached hydrogens (tertiary/aromatic N) is 2. The summed E-state index contributed by atoms with van der Waals surface area (Å²) in [5.41, 5.74) is -0.317. The highest BCUT2D eigenvalue weighted by Crippen LogP contribution is 2.48. The Balaban J connectivity index is 1.34. The largest absolute Gasteiger partial charge is 0.389 e. The number of rotatable bonds is 4. The molecule has 2 saturated heterocycles. The van der Waals surface area contributed by atoms with E-state index in [-0.39, 0.29) is 5.41 Å². The summed E-state index contributed by atoms with van der Waals surface area (Å²) in [4.78, 5) is 2.80. The van der Waals surface area contributed by atoms with E-state index in [4.69, 9.17) is 0 Å². The maximum atomic E-state index is 12.8. The van der Waals surface area contributed by atoms with E-state index in [2.05, 4.69) is 4.90 Å². The van der Waals surface area contributed by atoms with Gasteiger partial charge in [0.1, 0.15) is 0 Å². The number of piperidine rings is 1. The zero-order valence-electron chi connectivity index (χ0n) is 16.1. The van der Waals surface area contributed by atoms with Gasteiger partial charge in [-0.25, -0.2) is 8.42 Å². The number of sulfonamides is 1. The Kier molecular flexibility index (Phi) is 5.36. The predicted molar refractivity (Wildman–Crippen MR) is 106 cm³/mol. The summed E-state index contributed by atoms with van der Waals surface area (Å²) < 4.78 is 27.3. The van der Waals surface area contributed by atoms with Crippen molar-refractivity contribution in [1.29, 1.82) is 0 Å². The van der Waals surface area contributed by atoms with Gasteiger partial charge in [0.2, 0.25) is 10.0 Å². The maximum absolute atomic E-state index is 12.8. The van der Waals surface area contributed by atoms with Gasteiger partial charge >= 0.3 is 0 Å². The van der Waals surface area contributed by atoms with Crippen LogP contribution in [0.5, 0.6) is 0 Å². The molecule has 2 heterocycles. The number of hydrogen-bond acceptors (Lipinski definition) is 4. The van der Waals surface area contributed by atoms with Crippen molar-refractivity contribution in [3.8, 4) is 0 Å². The second-order valence-corrected chi connectivity index (χ2v) is 10.9. The third kappa shape index (κ3) is 4.09. The lowest BCUT2D eigenvalue weighted by atomic mass is 9.64. The van der Waals surface area contributed by atoms with E-state index < -0.39 is 15.6 Å². The predicted octanol–water partition coefficient (Wildman–Crippen LogP) is 2.86. The molecule has 6 heteroatoms. The van der Waals surface area contributed by atoms with Gasteiger partial charge in [0, 0.05) is 19.6 Å². The lowest BCUT2D eigenvalue weighted by Crippen LogP contribution is -2.50. The molecule has 4 rings (SSSR count). The lowest BCUT2D eigenvalue weighted by molar-refractivity contribution is -0.0625. The molecule has 2 aliphatic heterocycles. The molecule has 1 N–H and O–H groups in total. The zero-order chi connectivity index (χ0) is 19.0. The molecule has 1 aromatic carbocycles. The molecule has 1 aromatic rings. The molecule has 1 spiro atoms. The van der Waals surface area contributed by atoms with Gasteiger partial charge in [-0.1, -0.05) is 18.2 Å². The van der Waals surface area contributed by atoms with Crippen molar-refractivity contribution in [3.63, 3.8) is 0 Å². The maximum Gasteiger partial charge on any atom is 0.243 e. The number of β-amino-alcohol motifs (C(OH)–C–C–N with tert-alkyl or cyclic N) is 1. The smallest absolute Gasteiger partial charge is 0.243 e. The standard InChI is InChI=1S/C21H32N2O3S/c24-21(18-22-14-4-5-15-22)10-8-20(9-11-21)12-16-23(17-13-20)27(25,26)19-6-2-1-3-7-19/h1-3,6-7,24H,4-5,8-18H2. The van der Waals surface area contributed by atoms with Gasteiger partial charge in [-0.2, -0.15) is 4.31 Å². The minimum absolute atomic E-state index is 0.222. The third-order valence-electron chi connectivity index (χ3n) is 7.12. The van der Waals surface area contributed by atoms with E-state index in [1.54, 1.807) is 28.6 Å². The normalized spacial score (nSPS) is 26.4. The summed E-state index contributed by atoms with van der Waals surface area (Å²) >= 11 is 0. The topological polar surface area (TPSA) is 60.9 Å². The Morgan fingerprint density at radius 3 is 2.04 bits per heavy atom. The first-order valence-electron chi connectivity index (χ1n) is 10.4. The second kappa shape index (κ2) is 7.47. The minimum atomic E-state index is -3.38. The summed E-state index contributed by atoms with van der Waals surface area (Å²) in [7, 11) is -3.38. The molecular weight excluding hydrogens is 360 g/mol. The van der Waals surface area contributed by atoms with Crippen LogP contribution in [0, 0.1) is 5.41 Å². The van der Waals surface area contributed by atoms with Gasteiger partial charge in [0.05, 0.1) is 10.5 Å². The molecule has 0 atom stereocenters. The van der Waals surface area contributed by atoms with Gasteiger partial charge in [-0.05, 0) is 82.0 Å². The Bertz CT molecular complexity index is 726. The fourth-order valence-electron chi connectivity index (χ4n) is 5.20. The zero-order valence-corrected chi connectivity index (χ0v) is 17.0. The molecule has 150 valence electrons. The van der Waals surface area contributed by atoms with E-state index >= 15 is 0 Å². The van der Waals surface area contributed by atoms with Crippen molar-refractivity contribution in [2.45, 2.75) is 61.9 Å². The molecule has 1 saturated carbocycles. The van der Waals surface area contributed by atoms with E-state index in [9.17, 15) is 13.5 Å². The van der Waals surface area contributed by atoms with Crippen LogP contribution in [0.25, 0.3) is 0 Å². The molecule has 0 amide bonds. The highest BCUT2D eigenvalue weighted by Gasteiger charge is 2.45. The number of likely N-dealkylation sites (tertiary alicyclic amines) is 1. The van der Waals surface area contributed by atoms with Crippen LogP contribution in [0.4, 0.5) is 0 Å². The quantitative estimate of drug-likeness (QED) is 0.856. The average molecular weight is 393 g/mol. The molecule has 27 heavy (non-hydrogen) atoms. The van der Waals surface area contributed by atoms with Crippen LogP contribution in [0.1, 0.15) is 51.4 Å². The fraction of sp³-hybridized carbons (Fsp3) is 0.714. The monoisotopic (exact) mass is 392 g/mol. The Morgan fingerprint density at radius 2 is 1.44 bits per heavy atom. The SMILES string of the molecule is O=S(=O)(c1ccccc1)N1CCC2(CC1)CCC(O)(CN1CCCC1)CC2. The summed E-state index contributed by atoms with van der Waals surface area (Å²) in [6.07, 6.45) is 8.10. The summed E-state index contributed by atoms with van der Waals surface area (Å²) in [5.74, 6) is 0. The average Bonchev–Trinajstić information content (AvgIpc) is 3.18. The highest BCUT2D eigenvalue weighted by molar-refractivity contribution is 7.89. The molecule has 0 radical (unpaired) electrons. The van der Waals surface area contributed by atoms with E-state index in [1.807, 2.05) is 6.07 Å². The minimum Gasteiger partial charge on any atom is -0.389 e. The van der Waals surface area contributed by atoms with E-state index in [0.717, 1.165) is 58.2 Å². The molecule has 0 unspecified atom stereocenters. The first-order valence-corrected chi connectivity index (χ1v) is 11.9. The van der Waals surface area contributed by atoms with Gasteiger partial charge in [-0.15, -0.1) is 0 Å². The Morgan fingerprint density at radius 1 is 0.852 bits per heavy atom. The molecule has 1 aliphatic carbocycles. The fourth-order valence-corrected chi connectivity index (χ4v) is 6.67. The Hall–Kier alpha value is -0.950. The Labute approximate surface area is 163 Å².